The van der Waals surface area contributed by atoms with Crippen LogP contribution in [0, 0.1) is 0 Å². The topological polar surface area (TPSA) is 87.6 Å². The van der Waals surface area contributed by atoms with Crippen LogP contribution in [0.5, 0.6) is 0 Å². The quantitative estimate of drug-likeness (QED) is 0.260. The first kappa shape index (κ1) is 18.2. The minimum atomic E-state index is -0.750. The minimum absolute atomic E-state index is 0. The third-order valence-electron chi connectivity index (χ3n) is 0.273. The summed E-state index contributed by atoms with van der Waals surface area (Å²) in [4.78, 5) is 4.59. The molecule has 0 aromatic carbocycles. The summed E-state index contributed by atoms with van der Waals surface area (Å²) in [6, 6.07) is 0. The van der Waals surface area contributed by atoms with E-state index >= 15 is 0 Å². The van der Waals surface area contributed by atoms with E-state index in [4.69, 9.17) is 10.8 Å². The van der Waals surface area contributed by atoms with Crippen LogP contribution in [0.15, 0.2) is 0 Å². The van der Waals surface area contributed by atoms with E-state index in [1.54, 1.807) is 14.1 Å². The van der Waals surface area contributed by atoms with Crippen molar-refractivity contribution in [3.63, 3.8) is 0 Å². The van der Waals surface area contributed by atoms with Crippen LogP contribution in [0.25, 0.3) is 0 Å². The number of nitrogens with zero attached hydrogens (tertiary/aromatic N) is 1. The van der Waals surface area contributed by atoms with Crippen molar-refractivity contribution in [2.24, 2.45) is 11.5 Å². The van der Waals surface area contributed by atoms with E-state index in [-0.39, 0.29) is 34.7 Å². The van der Waals surface area contributed by atoms with Crippen LogP contribution in [-0.4, -0.2) is 29.5 Å². The molecule has 0 rings (SSSR count). The molecular formula is C4H10N3NaO2S2. The third-order valence-corrected chi connectivity index (χ3v) is 0.347. The molecule has 0 atom stereocenters. The Morgan fingerprint density at radius 2 is 1.58 bits per heavy atom. The van der Waals surface area contributed by atoms with Gasteiger partial charge in [0.05, 0.1) is 0 Å². The summed E-state index contributed by atoms with van der Waals surface area (Å²) in [5.74, 6) is 0. The fraction of sp³-hybridized carbons (Fsp3) is 0.500. The molecule has 0 radical (unpaired) electrons. The molecule has 4 N–H and O–H groups in total. The van der Waals surface area contributed by atoms with E-state index in [0.717, 1.165) is 0 Å². The Kier molecular flexibility index (Phi) is 17.2. The van der Waals surface area contributed by atoms with Crippen molar-refractivity contribution in [1.82, 2.24) is 5.06 Å². The van der Waals surface area contributed by atoms with Crippen molar-refractivity contribution in [3.8, 4) is 0 Å². The number of nitrogens with two attached hydrogens (primary N) is 2. The van der Waals surface area contributed by atoms with E-state index in [9.17, 15) is 0 Å². The van der Waals surface area contributed by atoms with Crippen molar-refractivity contribution < 1.29 is 39.5 Å². The molecule has 0 heterocycles. The summed E-state index contributed by atoms with van der Waals surface area (Å²) in [6.07, 6.45) is 0. The van der Waals surface area contributed by atoms with Crippen LogP contribution in [0.3, 0.4) is 0 Å². The smallest absolute Gasteiger partial charge is 0.852 e. The second kappa shape index (κ2) is 11.3. The van der Waals surface area contributed by atoms with Gasteiger partial charge in [-0.1, -0.05) is 12.2 Å². The SMILES string of the molecule is CN(C)OC(N)=S.NC([O-])=S.[Na+]. The molecule has 0 spiro atoms. The molecule has 0 saturated carbocycles. The van der Waals surface area contributed by atoms with Crippen LogP contribution >= 0.6 is 24.4 Å². The minimum Gasteiger partial charge on any atom is -0.852 e. The van der Waals surface area contributed by atoms with Gasteiger partial charge in [-0.05, 0) is 12.2 Å². The number of hydrogen-bond donors (Lipinski definition) is 2. The Bertz CT molecular complexity index is 140. The van der Waals surface area contributed by atoms with Gasteiger partial charge in [-0.25, -0.2) is 0 Å². The van der Waals surface area contributed by atoms with Gasteiger partial charge in [0.15, 0.2) is 0 Å². The van der Waals surface area contributed by atoms with Gasteiger partial charge >= 0.3 is 29.6 Å². The van der Waals surface area contributed by atoms with Crippen molar-refractivity contribution in [2.45, 2.75) is 0 Å². The van der Waals surface area contributed by atoms with Gasteiger partial charge in [0.25, 0.3) is 5.17 Å². The molecule has 66 valence electrons. The van der Waals surface area contributed by atoms with E-state index in [1.165, 1.54) is 5.06 Å². The summed E-state index contributed by atoms with van der Waals surface area (Å²) < 4.78 is 0. The zero-order chi connectivity index (χ0) is 9.44. The number of rotatable bonds is 1. The van der Waals surface area contributed by atoms with Crippen molar-refractivity contribution >= 4 is 34.8 Å². The van der Waals surface area contributed by atoms with E-state index in [0.29, 0.717) is 0 Å². The fourth-order valence-corrected chi connectivity index (χ4v) is 0.329. The van der Waals surface area contributed by atoms with Crippen molar-refractivity contribution in [3.05, 3.63) is 0 Å². The molecule has 8 heteroatoms. The Morgan fingerprint density at radius 1 is 1.33 bits per heavy atom. The standard InChI is InChI=1S/C3H8N2OS.CH3NOS.Na/c1-5(2)6-3(4)7;2-1(3)4;/h1-2H3,(H2,4,7);(H3,2,3,4);/q;;+1/p-1. The number of thiocarbonyl (C=S) groups is 2. The van der Waals surface area contributed by atoms with Crippen LogP contribution < -0.4 is 46.1 Å². The number of hydrogen-bond acceptors (Lipinski definition) is 5. The Morgan fingerprint density at radius 3 is 1.58 bits per heavy atom. The van der Waals surface area contributed by atoms with Gasteiger partial charge in [0, 0.05) is 19.3 Å². The molecule has 0 aliphatic carbocycles. The van der Waals surface area contributed by atoms with Gasteiger partial charge in [-0.3, -0.25) is 0 Å². The molecule has 0 aliphatic heterocycles. The second-order valence-corrected chi connectivity index (χ2v) is 2.35. The summed E-state index contributed by atoms with van der Waals surface area (Å²) in [5, 5.41) is 9.77. The summed E-state index contributed by atoms with van der Waals surface area (Å²) in [7, 11) is 3.42. The molecule has 12 heavy (non-hydrogen) atoms. The first-order valence-corrected chi connectivity index (χ1v) is 3.29. The zero-order valence-electron chi connectivity index (χ0n) is 7.23. The van der Waals surface area contributed by atoms with Crippen LogP contribution in [-0.2, 0) is 4.84 Å². The van der Waals surface area contributed by atoms with E-state index < -0.39 is 5.17 Å². The average molecular weight is 219 g/mol. The molecule has 0 amide bonds. The van der Waals surface area contributed by atoms with Crippen LogP contribution in [0.2, 0.25) is 0 Å². The fourth-order valence-electron chi connectivity index (χ4n) is 0.180. The first-order valence-electron chi connectivity index (χ1n) is 2.47. The molecule has 0 saturated heterocycles. The predicted molar refractivity (Wildman–Crippen MR) is 48.3 cm³/mol. The summed E-state index contributed by atoms with van der Waals surface area (Å²) >= 11 is 8.14. The summed E-state index contributed by atoms with van der Waals surface area (Å²) in [5.41, 5.74) is 9.25. The zero-order valence-corrected chi connectivity index (χ0v) is 10.9. The molecule has 0 aliphatic rings. The molecule has 5 nitrogen and oxygen atoms in total. The number of hydroxylamine groups is 2. The largest absolute Gasteiger partial charge is 1.00 e. The molecule has 0 aromatic heterocycles. The molecule has 0 fully saturated rings. The van der Waals surface area contributed by atoms with E-state index in [1.807, 2.05) is 0 Å². The van der Waals surface area contributed by atoms with Crippen LogP contribution in [0.4, 0.5) is 0 Å². The van der Waals surface area contributed by atoms with Gasteiger partial charge in [0.1, 0.15) is 0 Å². The van der Waals surface area contributed by atoms with Crippen molar-refractivity contribution in [1.29, 1.82) is 0 Å². The van der Waals surface area contributed by atoms with E-state index in [2.05, 4.69) is 35.0 Å². The average Bonchev–Trinajstić information content (AvgIpc) is 1.56. The Hall–Kier alpha value is 0.340. The summed E-state index contributed by atoms with van der Waals surface area (Å²) in [6.45, 7) is 0. The molecular weight excluding hydrogens is 209 g/mol. The van der Waals surface area contributed by atoms with Gasteiger partial charge < -0.3 is 21.4 Å². The third kappa shape index (κ3) is 47.9. The Labute approximate surface area is 104 Å². The monoisotopic (exact) mass is 219 g/mol. The maximum absolute atomic E-state index is 9.04. The van der Waals surface area contributed by atoms with Crippen molar-refractivity contribution in [2.75, 3.05) is 14.1 Å². The first-order chi connectivity index (χ1) is 4.86. The van der Waals surface area contributed by atoms with Crippen LogP contribution in [0.1, 0.15) is 0 Å². The maximum atomic E-state index is 9.04. The Balaban J connectivity index is -0.000000142. The van der Waals surface area contributed by atoms with Gasteiger partial charge in [-0.2, -0.15) is 0 Å². The van der Waals surface area contributed by atoms with Gasteiger partial charge in [0.2, 0.25) is 0 Å². The normalized spacial score (nSPS) is 7.25. The van der Waals surface area contributed by atoms with Gasteiger partial charge in [-0.15, -0.1) is 5.06 Å². The maximum Gasteiger partial charge on any atom is 1.00 e. The molecule has 0 unspecified atom stereocenters. The second-order valence-electron chi connectivity index (χ2n) is 1.54. The predicted octanol–water partition coefficient (Wildman–Crippen LogP) is -4.68. The molecule has 0 aromatic rings. The molecule has 0 bridgehead atoms.